The molecule has 1 aromatic heterocycles. The predicted molar refractivity (Wildman–Crippen MR) is 57.1 cm³/mol. The average molecular weight is 219 g/mol. The van der Waals surface area contributed by atoms with Crippen molar-refractivity contribution in [2.75, 3.05) is 6.73 Å². The van der Waals surface area contributed by atoms with Crippen LogP contribution in [0.4, 0.5) is 4.39 Å². The Kier molecular flexibility index (Phi) is 3.07. The zero-order valence-corrected chi connectivity index (χ0v) is 8.43. The van der Waals surface area contributed by atoms with Gasteiger partial charge in [-0.25, -0.2) is 14.4 Å². The fourth-order valence-corrected chi connectivity index (χ4v) is 1.26. The minimum absolute atomic E-state index is 0.0721. The van der Waals surface area contributed by atoms with Crippen LogP contribution in [0.15, 0.2) is 36.7 Å². The van der Waals surface area contributed by atoms with E-state index < -0.39 is 0 Å². The van der Waals surface area contributed by atoms with Gasteiger partial charge in [-0.3, -0.25) is 5.73 Å². The highest BCUT2D eigenvalue weighted by Crippen LogP contribution is 2.17. The number of hydrogen-bond acceptors (Lipinski definition) is 4. The monoisotopic (exact) mass is 219 g/mol. The minimum atomic E-state index is -0.316. The Morgan fingerprint density at radius 3 is 2.62 bits per heavy atom. The SMILES string of the molecule is NCOc1cnc(-c2cccc(F)c2)nc1. The molecule has 0 radical (unpaired) electrons. The quantitative estimate of drug-likeness (QED) is 0.796. The van der Waals surface area contributed by atoms with E-state index in [-0.39, 0.29) is 12.5 Å². The molecule has 5 heteroatoms. The second kappa shape index (κ2) is 4.67. The molecule has 0 aliphatic heterocycles. The summed E-state index contributed by atoms with van der Waals surface area (Å²) in [5.74, 6) is 0.620. The van der Waals surface area contributed by atoms with E-state index in [1.807, 2.05) is 0 Å². The smallest absolute Gasteiger partial charge is 0.159 e. The van der Waals surface area contributed by atoms with Crippen LogP contribution in [0.2, 0.25) is 0 Å². The van der Waals surface area contributed by atoms with Crippen molar-refractivity contribution >= 4 is 0 Å². The third-order valence-electron chi connectivity index (χ3n) is 1.96. The zero-order chi connectivity index (χ0) is 11.4. The van der Waals surface area contributed by atoms with E-state index in [0.717, 1.165) is 0 Å². The van der Waals surface area contributed by atoms with Crippen LogP contribution in [0.1, 0.15) is 0 Å². The Bertz CT molecular complexity index is 473. The van der Waals surface area contributed by atoms with E-state index in [1.54, 1.807) is 12.1 Å². The molecule has 1 aromatic carbocycles. The van der Waals surface area contributed by atoms with E-state index in [9.17, 15) is 4.39 Å². The lowest BCUT2D eigenvalue weighted by Crippen LogP contribution is -2.07. The van der Waals surface area contributed by atoms with Gasteiger partial charge in [0.25, 0.3) is 0 Å². The summed E-state index contributed by atoms with van der Waals surface area (Å²) in [6.07, 6.45) is 3.00. The summed E-state index contributed by atoms with van der Waals surface area (Å²) in [5.41, 5.74) is 5.83. The maximum absolute atomic E-state index is 13.0. The van der Waals surface area contributed by atoms with Crippen molar-refractivity contribution in [1.82, 2.24) is 9.97 Å². The highest BCUT2D eigenvalue weighted by Gasteiger charge is 2.02. The number of ether oxygens (including phenoxy) is 1. The second-order valence-corrected chi connectivity index (χ2v) is 3.06. The zero-order valence-electron chi connectivity index (χ0n) is 8.43. The molecule has 82 valence electrons. The maximum Gasteiger partial charge on any atom is 0.159 e. The summed E-state index contributed by atoms with van der Waals surface area (Å²) < 4.78 is 18.0. The number of hydrogen-bond donors (Lipinski definition) is 1. The van der Waals surface area contributed by atoms with E-state index in [0.29, 0.717) is 17.1 Å². The van der Waals surface area contributed by atoms with Crippen molar-refractivity contribution in [2.24, 2.45) is 5.73 Å². The third kappa shape index (κ3) is 2.32. The van der Waals surface area contributed by atoms with Crippen molar-refractivity contribution in [3.05, 3.63) is 42.5 Å². The largest absolute Gasteiger partial charge is 0.475 e. The van der Waals surface area contributed by atoms with Crippen LogP contribution in [-0.2, 0) is 0 Å². The molecular weight excluding hydrogens is 209 g/mol. The lowest BCUT2D eigenvalue weighted by molar-refractivity contribution is 0.327. The molecule has 2 aromatic rings. The summed E-state index contributed by atoms with van der Waals surface area (Å²) in [6, 6.07) is 6.09. The van der Waals surface area contributed by atoms with Crippen molar-refractivity contribution in [3.8, 4) is 17.1 Å². The first-order chi connectivity index (χ1) is 7.79. The Balaban J connectivity index is 2.27. The van der Waals surface area contributed by atoms with Crippen LogP contribution in [0.5, 0.6) is 5.75 Å². The average Bonchev–Trinajstić information content (AvgIpc) is 2.30. The number of rotatable bonds is 3. The molecule has 1 heterocycles. The molecular formula is C11H10FN3O. The summed E-state index contributed by atoms with van der Waals surface area (Å²) in [7, 11) is 0. The Hall–Kier alpha value is -2.01. The molecule has 0 amide bonds. The Morgan fingerprint density at radius 2 is 2.00 bits per heavy atom. The fraction of sp³-hybridized carbons (Fsp3) is 0.0909. The Labute approximate surface area is 91.9 Å². The molecule has 0 spiro atoms. The second-order valence-electron chi connectivity index (χ2n) is 3.06. The van der Waals surface area contributed by atoms with Gasteiger partial charge in [0.2, 0.25) is 0 Å². The van der Waals surface area contributed by atoms with Gasteiger partial charge < -0.3 is 4.74 Å². The minimum Gasteiger partial charge on any atom is -0.475 e. The molecule has 0 atom stereocenters. The topological polar surface area (TPSA) is 61.0 Å². The normalized spacial score (nSPS) is 10.1. The number of halogens is 1. The van der Waals surface area contributed by atoms with Crippen molar-refractivity contribution in [1.29, 1.82) is 0 Å². The maximum atomic E-state index is 13.0. The molecule has 2 rings (SSSR count). The van der Waals surface area contributed by atoms with E-state index in [2.05, 4.69) is 9.97 Å². The summed E-state index contributed by atoms with van der Waals surface area (Å²) in [6.45, 7) is 0.0721. The van der Waals surface area contributed by atoms with Crippen molar-refractivity contribution in [2.45, 2.75) is 0 Å². The number of nitrogens with two attached hydrogens (primary N) is 1. The van der Waals surface area contributed by atoms with Crippen LogP contribution < -0.4 is 10.5 Å². The van der Waals surface area contributed by atoms with Gasteiger partial charge in [-0.05, 0) is 12.1 Å². The fourth-order valence-electron chi connectivity index (χ4n) is 1.26. The molecule has 0 saturated carbocycles. The highest BCUT2D eigenvalue weighted by molar-refractivity contribution is 5.54. The van der Waals surface area contributed by atoms with Gasteiger partial charge in [0.1, 0.15) is 12.5 Å². The highest BCUT2D eigenvalue weighted by atomic mass is 19.1. The van der Waals surface area contributed by atoms with Gasteiger partial charge in [-0.2, -0.15) is 0 Å². The molecule has 0 bridgehead atoms. The molecule has 0 saturated heterocycles. The number of aromatic nitrogens is 2. The molecule has 16 heavy (non-hydrogen) atoms. The van der Waals surface area contributed by atoms with E-state index >= 15 is 0 Å². The van der Waals surface area contributed by atoms with Crippen LogP contribution >= 0.6 is 0 Å². The van der Waals surface area contributed by atoms with Crippen molar-refractivity contribution < 1.29 is 9.13 Å². The van der Waals surface area contributed by atoms with Gasteiger partial charge >= 0.3 is 0 Å². The van der Waals surface area contributed by atoms with E-state index in [1.165, 1.54) is 24.5 Å². The lowest BCUT2D eigenvalue weighted by atomic mass is 10.2. The van der Waals surface area contributed by atoms with Gasteiger partial charge in [-0.15, -0.1) is 0 Å². The van der Waals surface area contributed by atoms with Gasteiger partial charge in [0.05, 0.1) is 12.4 Å². The summed E-state index contributed by atoms with van der Waals surface area (Å²) >= 11 is 0. The molecule has 4 nitrogen and oxygen atoms in total. The van der Waals surface area contributed by atoms with Crippen LogP contribution in [0.25, 0.3) is 11.4 Å². The predicted octanol–water partition coefficient (Wildman–Crippen LogP) is 1.58. The van der Waals surface area contributed by atoms with Gasteiger partial charge in [0.15, 0.2) is 11.6 Å². The molecule has 2 N–H and O–H groups in total. The standard InChI is InChI=1S/C11H10FN3O/c12-9-3-1-2-8(4-9)11-14-5-10(6-15-11)16-7-13/h1-6H,7,13H2. The van der Waals surface area contributed by atoms with Gasteiger partial charge in [-0.1, -0.05) is 12.1 Å². The third-order valence-corrected chi connectivity index (χ3v) is 1.96. The first-order valence-electron chi connectivity index (χ1n) is 4.70. The molecule has 0 aliphatic carbocycles. The first kappa shape index (κ1) is 10.5. The lowest BCUT2D eigenvalue weighted by Gasteiger charge is -2.03. The van der Waals surface area contributed by atoms with Gasteiger partial charge in [0, 0.05) is 5.56 Å². The number of benzene rings is 1. The van der Waals surface area contributed by atoms with Crippen molar-refractivity contribution in [3.63, 3.8) is 0 Å². The molecule has 0 fully saturated rings. The Morgan fingerprint density at radius 1 is 1.25 bits per heavy atom. The molecule has 0 aliphatic rings. The van der Waals surface area contributed by atoms with Crippen LogP contribution in [0, 0.1) is 5.82 Å². The summed E-state index contributed by atoms with van der Waals surface area (Å²) in [4.78, 5) is 8.10. The van der Waals surface area contributed by atoms with Crippen LogP contribution in [-0.4, -0.2) is 16.7 Å². The van der Waals surface area contributed by atoms with Crippen LogP contribution in [0.3, 0.4) is 0 Å². The number of nitrogens with zero attached hydrogens (tertiary/aromatic N) is 2. The molecule has 0 unspecified atom stereocenters. The first-order valence-corrected chi connectivity index (χ1v) is 4.70. The summed E-state index contributed by atoms with van der Waals surface area (Å²) in [5, 5.41) is 0. The van der Waals surface area contributed by atoms with E-state index in [4.69, 9.17) is 10.5 Å².